The summed E-state index contributed by atoms with van der Waals surface area (Å²) in [6, 6.07) is 3.95. The van der Waals surface area contributed by atoms with Crippen molar-refractivity contribution in [2.45, 2.75) is 57.2 Å². The van der Waals surface area contributed by atoms with Crippen LogP contribution in [0.1, 0.15) is 32.8 Å². The summed E-state index contributed by atoms with van der Waals surface area (Å²) in [7, 11) is 0. The topological polar surface area (TPSA) is 116 Å². The lowest BCUT2D eigenvalue weighted by atomic mass is 9.63. The fourth-order valence-corrected chi connectivity index (χ4v) is 5.03. The van der Waals surface area contributed by atoms with E-state index < -0.39 is 41.9 Å². The maximum atomic E-state index is 13.5. The molecule has 0 radical (unpaired) electrons. The third-order valence-corrected chi connectivity index (χ3v) is 6.75. The molecule has 4 N–H and O–H groups in total. The number of aliphatic hydroxyl groups is 2. The Morgan fingerprint density at radius 3 is 2.62 bits per heavy atom. The molecule has 7 atom stereocenters. The van der Waals surface area contributed by atoms with Crippen molar-refractivity contribution in [2.75, 3.05) is 0 Å². The van der Waals surface area contributed by atoms with Gasteiger partial charge in [0.1, 0.15) is 17.6 Å². The Balaban J connectivity index is 1.74. The lowest BCUT2D eigenvalue weighted by Gasteiger charge is -2.52. The molecule has 0 saturated heterocycles. The highest BCUT2D eigenvalue weighted by molar-refractivity contribution is 6.23. The van der Waals surface area contributed by atoms with E-state index in [1.807, 2.05) is 26.0 Å². The molecule has 4 rings (SSSR count). The van der Waals surface area contributed by atoms with E-state index in [-0.39, 0.29) is 40.8 Å². The lowest BCUT2D eigenvalue weighted by molar-refractivity contribution is -0.198. The number of phenols is 2. The maximum Gasteiger partial charge on any atom is 0.176 e. The van der Waals surface area contributed by atoms with E-state index in [0.29, 0.717) is 5.57 Å². The minimum absolute atomic E-state index is 0.126. The SMILES string of the molecule is C=C(C)C(O)CC1C(O)C2C(=O)C(c3ccc(O)cc3O)=COC2C2C=CC(C)(C)OC21. The standard InChI is InChI=1S/C25H30O7/c1-12(2)18(27)10-16-21(29)20-22(30)17(14-6-5-13(26)9-19(14)28)11-31-24(20)15-7-8-25(3,4)32-23(15)16/h5-9,11,15-16,18,20-21,23-24,26-29H,1,10H2,2-4H3. The molecule has 0 bridgehead atoms. The summed E-state index contributed by atoms with van der Waals surface area (Å²) in [4.78, 5) is 13.5. The van der Waals surface area contributed by atoms with E-state index in [2.05, 4.69) is 6.58 Å². The molecule has 0 amide bonds. The van der Waals surface area contributed by atoms with Gasteiger partial charge in [-0.05, 0) is 39.3 Å². The highest BCUT2D eigenvalue weighted by Gasteiger charge is 2.57. The van der Waals surface area contributed by atoms with E-state index in [1.165, 1.54) is 18.4 Å². The zero-order chi connectivity index (χ0) is 23.4. The van der Waals surface area contributed by atoms with Gasteiger partial charge in [0.05, 0.1) is 41.7 Å². The van der Waals surface area contributed by atoms with Gasteiger partial charge in [-0.15, -0.1) is 0 Å². The van der Waals surface area contributed by atoms with E-state index in [1.54, 1.807) is 6.92 Å². The Bertz CT molecular complexity index is 992. The third-order valence-electron chi connectivity index (χ3n) is 6.75. The van der Waals surface area contributed by atoms with Gasteiger partial charge in [-0.1, -0.05) is 24.3 Å². The summed E-state index contributed by atoms with van der Waals surface area (Å²) in [5.74, 6) is -2.48. The van der Waals surface area contributed by atoms with Crippen LogP contribution in [0.4, 0.5) is 0 Å². The van der Waals surface area contributed by atoms with Gasteiger partial charge in [0.2, 0.25) is 0 Å². The number of aliphatic hydroxyl groups excluding tert-OH is 2. The quantitative estimate of drug-likeness (QED) is 0.530. The number of benzene rings is 1. The van der Waals surface area contributed by atoms with Crippen LogP contribution in [0.15, 0.2) is 48.8 Å². The van der Waals surface area contributed by atoms with E-state index in [0.717, 1.165) is 6.07 Å². The number of ether oxygens (including phenoxy) is 2. The van der Waals surface area contributed by atoms with Crippen molar-refractivity contribution in [2.24, 2.45) is 17.8 Å². The van der Waals surface area contributed by atoms with Gasteiger partial charge in [0.25, 0.3) is 0 Å². The highest BCUT2D eigenvalue weighted by Crippen LogP contribution is 2.48. The first-order valence-corrected chi connectivity index (χ1v) is 10.8. The number of carbonyl (C=O) groups is 1. The molecular weight excluding hydrogens is 412 g/mol. The number of fused-ring (bicyclic) bond motifs is 3. The van der Waals surface area contributed by atoms with Crippen molar-refractivity contribution in [1.29, 1.82) is 0 Å². The van der Waals surface area contributed by atoms with Crippen LogP contribution in [-0.4, -0.2) is 56.2 Å². The number of allylic oxidation sites excluding steroid dienone is 1. The van der Waals surface area contributed by atoms with Gasteiger partial charge >= 0.3 is 0 Å². The molecule has 7 heteroatoms. The first-order valence-electron chi connectivity index (χ1n) is 10.8. The monoisotopic (exact) mass is 442 g/mol. The number of rotatable bonds is 4. The minimum Gasteiger partial charge on any atom is -0.508 e. The summed E-state index contributed by atoms with van der Waals surface area (Å²) in [6.07, 6.45) is 2.34. The summed E-state index contributed by atoms with van der Waals surface area (Å²) in [6.45, 7) is 9.36. The smallest absolute Gasteiger partial charge is 0.176 e. The maximum absolute atomic E-state index is 13.5. The van der Waals surface area contributed by atoms with Crippen LogP contribution in [0, 0.1) is 17.8 Å². The number of ketones is 1. The Kier molecular flexibility index (Phi) is 5.69. The van der Waals surface area contributed by atoms with Crippen molar-refractivity contribution in [3.8, 4) is 11.5 Å². The Hall–Kier alpha value is -2.61. The molecule has 1 saturated carbocycles. The van der Waals surface area contributed by atoms with Crippen LogP contribution < -0.4 is 0 Å². The van der Waals surface area contributed by atoms with Gasteiger partial charge in [0, 0.05) is 23.5 Å². The van der Waals surface area contributed by atoms with Crippen LogP contribution >= 0.6 is 0 Å². The van der Waals surface area contributed by atoms with Crippen LogP contribution in [-0.2, 0) is 14.3 Å². The molecule has 1 fully saturated rings. The summed E-state index contributed by atoms with van der Waals surface area (Å²) in [5.41, 5.74) is 0.358. The molecule has 32 heavy (non-hydrogen) atoms. The van der Waals surface area contributed by atoms with Crippen LogP contribution in [0.2, 0.25) is 0 Å². The van der Waals surface area contributed by atoms with Crippen molar-refractivity contribution in [1.82, 2.24) is 0 Å². The second-order valence-corrected chi connectivity index (χ2v) is 9.60. The van der Waals surface area contributed by atoms with E-state index in [4.69, 9.17) is 9.47 Å². The van der Waals surface area contributed by atoms with Gasteiger partial charge in [-0.25, -0.2) is 0 Å². The van der Waals surface area contributed by atoms with Gasteiger partial charge in [-0.2, -0.15) is 0 Å². The number of carbonyl (C=O) groups excluding carboxylic acids is 1. The summed E-state index contributed by atoms with van der Waals surface area (Å²) >= 11 is 0. The fourth-order valence-electron chi connectivity index (χ4n) is 5.03. The van der Waals surface area contributed by atoms with Crippen molar-refractivity contribution in [3.63, 3.8) is 0 Å². The van der Waals surface area contributed by atoms with Gasteiger partial charge in [0.15, 0.2) is 5.78 Å². The highest BCUT2D eigenvalue weighted by atomic mass is 16.5. The first kappa shape index (κ1) is 22.6. The van der Waals surface area contributed by atoms with Crippen LogP contribution in [0.25, 0.3) is 5.57 Å². The molecule has 7 unspecified atom stereocenters. The number of hydrogen-bond acceptors (Lipinski definition) is 7. The molecule has 3 aliphatic rings. The number of hydrogen-bond donors (Lipinski definition) is 4. The first-order chi connectivity index (χ1) is 15.0. The van der Waals surface area contributed by atoms with Gasteiger partial charge in [-0.3, -0.25) is 4.79 Å². The minimum atomic E-state index is -1.13. The molecule has 1 aromatic rings. The normalized spacial score (nSPS) is 34.0. The molecule has 2 heterocycles. The van der Waals surface area contributed by atoms with Crippen molar-refractivity contribution >= 4 is 11.4 Å². The number of Topliss-reactive ketones (excluding diaryl/α,β-unsaturated/α-hetero) is 1. The van der Waals surface area contributed by atoms with Crippen molar-refractivity contribution in [3.05, 3.63) is 54.3 Å². The molecule has 7 nitrogen and oxygen atoms in total. The third kappa shape index (κ3) is 3.85. The largest absolute Gasteiger partial charge is 0.508 e. The van der Waals surface area contributed by atoms with Crippen LogP contribution in [0.5, 0.6) is 11.5 Å². The molecule has 2 aliphatic heterocycles. The van der Waals surface area contributed by atoms with Crippen LogP contribution in [0.3, 0.4) is 0 Å². The molecule has 0 spiro atoms. The summed E-state index contributed by atoms with van der Waals surface area (Å²) < 4.78 is 12.3. The lowest BCUT2D eigenvalue weighted by Crippen LogP contribution is -2.62. The zero-order valence-corrected chi connectivity index (χ0v) is 18.4. The van der Waals surface area contributed by atoms with Gasteiger partial charge < -0.3 is 29.9 Å². The fraction of sp³-hybridized carbons (Fsp3) is 0.480. The molecule has 172 valence electrons. The molecule has 1 aromatic carbocycles. The van der Waals surface area contributed by atoms with E-state index >= 15 is 0 Å². The average Bonchev–Trinajstić information content (AvgIpc) is 2.70. The molecular formula is C25H30O7. The molecule has 0 aromatic heterocycles. The average molecular weight is 443 g/mol. The second kappa shape index (κ2) is 8.06. The number of aromatic hydroxyl groups is 2. The second-order valence-electron chi connectivity index (χ2n) is 9.60. The van der Waals surface area contributed by atoms with E-state index in [9.17, 15) is 25.2 Å². The Morgan fingerprint density at radius 2 is 1.97 bits per heavy atom. The zero-order valence-electron chi connectivity index (χ0n) is 18.4. The molecule has 1 aliphatic carbocycles. The summed E-state index contributed by atoms with van der Waals surface area (Å²) in [5, 5.41) is 41.7. The van der Waals surface area contributed by atoms with Crippen molar-refractivity contribution < 1.29 is 34.7 Å². The Morgan fingerprint density at radius 1 is 1.25 bits per heavy atom. The predicted octanol–water partition coefficient (Wildman–Crippen LogP) is 2.69. The predicted molar refractivity (Wildman–Crippen MR) is 118 cm³/mol. The Labute approximate surface area is 187 Å². The number of phenolic OH excluding ortho intramolecular Hbond substituents is 2.